The summed E-state index contributed by atoms with van der Waals surface area (Å²) in [6, 6.07) is 12.2. The van der Waals surface area contributed by atoms with Gasteiger partial charge in [-0.3, -0.25) is 9.36 Å². The minimum Gasteiger partial charge on any atom is -0.332 e. The van der Waals surface area contributed by atoms with Crippen LogP contribution in [0, 0.1) is 6.92 Å². The molecule has 1 fully saturated rings. The van der Waals surface area contributed by atoms with Crippen molar-refractivity contribution >= 4 is 5.91 Å². The van der Waals surface area contributed by atoms with Gasteiger partial charge in [0.25, 0.3) is 5.91 Å². The number of aromatic nitrogens is 3. The molecule has 1 aliphatic heterocycles. The van der Waals surface area contributed by atoms with Gasteiger partial charge < -0.3 is 4.90 Å². The van der Waals surface area contributed by atoms with Crippen LogP contribution in [0.4, 0.5) is 0 Å². The van der Waals surface area contributed by atoms with Crippen LogP contribution in [0.5, 0.6) is 0 Å². The molecule has 25 heavy (non-hydrogen) atoms. The molecule has 1 aliphatic rings. The number of pyridine rings is 1. The Labute approximate surface area is 147 Å². The Morgan fingerprint density at radius 1 is 1.20 bits per heavy atom. The Balaban J connectivity index is 1.63. The molecule has 1 aromatic carbocycles. The summed E-state index contributed by atoms with van der Waals surface area (Å²) in [5.41, 5.74) is 3.11. The first-order valence-electron chi connectivity index (χ1n) is 8.54. The van der Waals surface area contributed by atoms with Gasteiger partial charge in [0.05, 0.1) is 6.04 Å². The molecule has 126 valence electrons. The SMILES string of the molecule is Cc1cccc([C@@H]2CCCN2C(=O)c2ccnc(-n3ccnc3)c2)c1. The van der Waals surface area contributed by atoms with Gasteiger partial charge in [-0.15, -0.1) is 0 Å². The van der Waals surface area contributed by atoms with E-state index in [0.29, 0.717) is 11.4 Å². The van der Waals surface area contributed by atoms with Crippen molar-refractivity contribution in [3.8, 4) is 5.82 Å². The lowest BCUT2D eigenvalue weighted by Crippen LogP contribution is -2.30. The summed E-state index contributed by atoms with van der Waals surface area (Å²) in [5.74, 6) is 0.766. The van der Waals surface area contributed by atoms with E-state index in [0.717, 1.165) is 19.4 Å². The number of rotatable bonds is 3. The predicted octanol–water partition coefficient (Wildman–Crippen LogP) is 3.55. The summed E-state index contributed by atoms with van der Waals surface area (Å²) < 4.78 is 1.80. The second-order valence-corrected chi connectivity index (χ2v) is 6.44. The standard InChI is InChI=1S/C20H20N4O/c1-15-4-2-5-16(12-15)18-6-3-10-24(18)20(25)17-7-8-22-19(13-17)23-11-9-21-14-23/h2,4-5,7-9,11-14,18H,3,6,10H2,1H3/t18-/m0/s1. The second-order valence-electron chi connectivity index (χ2n) is 6.44. The van der Waals surface area contributed by atoms with Gasteiger partial charge in [0.2, 0.25) is 0 Å². The number of carbonyl (C=O) groups is 1. The lowest BCUT2D eigenvalue weighted by molar-refractivity contribution is 0.0735. The zero-order chi connectivity index (χ0) is 17.2. The van der Waals surface area contributed by atoms with Crippen LogP contribution in [0.25, 0.3) is 5.82 Å². The molecule has 5 heteroatoms. The molecular formula is C20H20N4O. The Kier molecular flexibility index (Phi) is 4.06. The third kappa shape index (κ3) is 3.05. The number of amides is 1. The van der Waals surface area contributed by atoms with E-state index in [4.69, 9.17) is 0 Å². The van der Waals surface area contributed by atoms with E-state index in [1.165, 1.54) is 11.1 Å². The minimum absolute atomic E-state index is 0.0628. The summed E-state index contributed by atoms with van der Waals surface area (Å²) in [6.45, 7) is 2.88. The van der Waals surface area contributed by atoms with Crippen molar-refractivity contribution in [3.05, 3.63) is 78.0 Å². The number of aryl methyl sites for hydroxylation is 1. The van der Waals surface area contributed by atoms with Crippen molar-refractivity contribution in [2.24, 2.45) is 0 Å². The van der Waals surface area contributed by atoms with E-state index in [1.54, 1.807) is 29.4 Å². The van der Waals surface area contributed by atoms with Gasteiger partial charge in [-0.05, 0) is 37.5 Å². The maximum Gasteiger partial charge on any atom is 0.254 e. The number of imidazole rings is 1. The van der Waals surface area contributed by atoms with Crippen molar-refractivity contribution in [1.29, 1.82) is 0 Å². The molecule has 0 spiro atoms. The largest absolute Gasteiger partial charge is 0.332 e. The molecule has 1 amide bonds. The molecule has 0 saturated carbocycles. The number of carbonyl (C=O) groups excluding carboxylic acids is 1. The molecule has 5 nitrogen and oxygen atoms in total. The molecule has 0 bridgehead atoms. The summed E-state index contributed by atoms with van der Waals surface area (Å²) in [7, 11) is 0. The summed E-state index contributed by atoms with van der Waals surface area (Å²) in [4.78, 5) is 23.5. The zero-order valence-electron chi connectivity index (χ0n) is 14.2. The predicted molar refractivity (Wildman–Crippen MR) is 95.5 cm³/mol. The topological polar surface area (TPSA) is 51.0 Å². The lowest BCUT2D eigenvalue weighted by Gasteiger charge is -2.25. The van der Waals surface area contributed by atoms with E-state index >= 15 is 0 Å². The van der Waals surface area contributed by atoms with Crippen molar-refractivity contribution < 1.29 is 4.79 Å². The third-order valence-electron chi connectivity index (χ3n) is 4.70. The molecule has 1 atom stereocenters. The van der Waals surface area contributed by atoms with Crippen LogP contribution >= 0.6 is 0 Å². The number of hydrogen-bond donors (Lipinski definition) is 0. The van der Waals surface area contributed by atoms with Crippen molar-refractivity contribution in [3.63, 3.8) is 0 Å². The van der Waals surface area contributed by atoms with E-state index in [-0.39, 0.29) is 11.9 Å². The van der Waals surface area contributed by atoms with Crippen molar-refractivity contribution in [1.82, 2.24) is 19.4 Å². The molecule has 1 saturated heterocycles. The highest BCUT2D eigenvalue weighted by molar-refractivity contribution is 5.95. The number of likely N-dealkylation sites (tertiary alicyclic amines) is 1. The monoisotopic (exact) mass is 332 g/mol. The van der Waals surface area contributed by atoms with Crippen LogP contribution in [-0.2, 0) is 0 Å². The van der Waals surface area contributed by atoms with Gasteiger partial charge in [0, 0.05) is 30.7 Å². The summed E-state index contributed by atoms with van der Waals surface area (Å²) >= 11 is 0. The molecule has 0 unspecified atom stereocenters. The Morgan fingerprint density at radius 2 is 2.12 bits per heavy atom. The fraction of sp³-hybridized carbons (Fsp3) is 0.250. The number of hydrogen-bond acceptors (Lipinski definition) is 3. The molecule has 0 aliphatic carbocycles. The van der Waals surface area contributed by atoms with Crippen molar-refractivity contribution in [2.75, 3.05) is 6.54 Å². The number of benzene rings is 1. The third-order valence-corrected chi connectivity index (χ3v) is 4.70. The van der Waals surface area contributed by atoms with Gasteiger partial charge in [0.1, 0.15) is 12.1 Å². The van der Waals surface area contributed by atoms with Crippen LogP contribution in [0.15, 0.2) is 61.3 Å². The summed E-state index contributed by atoms with van der Waals surface area (Å²) in [6.07, 6.45) is 8.92. The maximum atomic E-state index is 13.1. The fourth-order valence-corrected chi connectivity index (χ4v) is 3.49. The quantitative estimate of drug-likeness (QED) is 0.737. The first kappa shape index (κ1) is 15.6. The highest BCUT2D eigenvalue weighted by atomic mass is 16.2. The summed E-state index contributed by atoms with van der Waals surface area (Å²) in [5, 5.41) is 0. The molecular weight excluding hydrogens is 312 g/mol. The van der Waals surface area contributed by atoms with Gasteiger partial charge in [0.15, 0.2) is 0 Å². The van der Waals surface area contributed by atoms with Gasteiger partial charge in [-0.2, -0.15) is 0 Å². The fourth-order valence-electron chi connectivity index (χ4n) is 3.49. The highest BCUT2D eigenvalue weighted by Gasteiger charge is 2.30. The second kappa shape index (κ2) is 6.51. The maximum absolute atomic E-state index is 13.1. The van der Waals surface area contributed by atoms with Gasteiger partial charge in [-0.25, -0.2) is 9.97 Å². The average Bonchev–Trinajstić information content (AvgIpc) is 3.33. The first-order valence-corrected chi connectivity index (χ1v) is 8.54. The zero-order valence-corrected chi connectivity index (χ0v) is 14.2. The van der Waals surface area contributed by atoms with Gasteiger partial charge >= 0.3 is 0 Å². The van der Waals surface area contributed by atoms with Crippen molar-refractivity contribution in [2.45, 2.75) is 25.8 Å². The van der Waals surface area contributed by atoms with Gasteiger partial charge in [-0.1, -0.05) is 29.8 Å². The molecule has 3 heterocycles. The number of nitrogens with zero attached hydrogens (tertiary/aromatic N) is 4. The average molecular weight is 332 g/mol. The molecule has 0 N–H and O–H groups in total. The van der Waals surface area contributed by atoms with Crippen LogP contribution < -0.4 is 0 Å². The smallest absolute Gasteiger partial charge is 0.254 e. The van der Waals surface area contributed by atoms with E-state index in [9.17, 15) is 4.79 Å². The van der Waals surface area contributed by atoms with E-state index < -0.39 is 0 Å². The minimum atomic E-state index is 0.0628. The Hall–Kier alpha value is -2.95. The Morgan fingerprint density at radius 3 is 2.92 bits per heavy atom. The normalized spacial score (nSPS) is 17.0. The lowest BCUT2D eigenvalue weighted by atomic mass is 10.0. The van der Waals surface area contributed by atoms with Crippen LogP contribution in [-0.4, -0.2) is 31.9 Å². The highest BCUT2D eigenvalue weighted by Crippen LogP contribution is 2.33. The molecule has 0 radical (unpaired) electrons. The van der Waals surface area contributed by atoms with E-state index in [2.05, 4.69) is 41.2 Å². The van der Waals surface area contributed by atoms with Crippen LogP contribution in [0.1, 0.15) is 40.4 Å². The Bertz CT molecular complexity index is 888. The molecule has 3 aromatic rings. The molecule has 4 rings (SSSR count). The van der Waals surface area contributed by atoms with E-state index in [1.807, 2.05) is 17.2 Å². The first-order chi connectivity index (χ1) is 12.2. The van der Waals surface area contributed by atoms with Crippen LogP contribution in [0.3, 0.4) is 0 Å². The van der Waals surface area contributed by atoms with Crippen LogP contribution in [0.2, 0.25) is 0 Å². The molecule has 2 aromatic heterocycles.